The van der Waals surface area contributed by atoms with Crippen LogP contribution in [0, 0.1) is 0 Å². The van der Waals surface area contributed by atoms with E-state index in [9.17, 15) is 5.11 Å². The van der Waals surface area contributed by atoms with Crippen LogP contribution in [0.2, 0.25) is 0 Å². The molecule has 1 heterocycles. The maximum Gasteiger partial charge on any atom is 0.125 e. The first-order valence-corrected chi connectivity index (χ1v) is 4.21. The first-order valence-electron chi connectivity index (χ1n) is 4.21. The summed E-state index contributed by atoms with van der Waals surface area (Å²) in [6.07, 6.45) is 0.455. The third-order valence-corrected chi connectivity index (χ3v) is 2.16. The van der Waals surface area contributed by atoms with Gasteiger partial charge in [0.15, 0.2) is 0 Å². The molecule has 12 heavy (non-hydrogen) atoms. The third-order valence-electron chi connectivity index (χ3n) is 2.16. The normalized spacial score (nSPS) is 27.5. The molecule has 1 aromatic carbocycles. The molecule has 0 saturated heterocycles. The van der Waals surface area contributed by atoms with Crippen LogP contribution in [0.5, 0.6) is 5.75 Å². The number of aliphatic hydroxyl groups is 1. The van der Waals surface area contributed by atoms with Crippen LogP contribution < -0.4 is 4.74 Å². The van der Waals surface area contributed by atoms with Gasteiger partial charge in [-0.3, -0.25) is 0 Å². The van der Waals surface area contributed by atoms with Crippen molar-refractivity contribution in [1.82, 2.24) is 0 Å². The van der Waals surface area contributed by atoms with E-state index in [-0.39, 0.29) is 12.2 Å². The molecule has 0 aliphatic carbocycles. The van der Waals surface area contributed by atoms with Gasteiger partial charge in [0.25, 0.3) is 0 Å². The second-order valence-corrected chi connectivity index (χ2v) is 3.22. The summed E-state index contributed by atoms with van der Waals surface area (Å²) in [5.74, 6) is 0.823. The van der Waals surface area contributed by atoms with Crippen molar-refractivity contribution in [2.24, 2.45) is 0 Å². The van der Waals surface area contributed by atoms with Crippen molar-refractivity contribution in [3.63, 3.8) is 0 Å². The lowest BCUT2D eigenvalue weighted by molar-refractivity contribution is 0.0749. The van der Waals surface area contributed by atoms with Gasteiger partial charge in [-0.1, -0.05) is 18.2 Å². The highest BCUT2D eigenvalue weighted by Gasteiger charge is 2.22. The van der Waals surface area contributed by atoms with Crippen molar-refractivity contribution in [3.8, 4) is 5.75 Å². The van der Waals surface area contributed by atoms with E-state index in [1.807, 2.05) is 31.2 Å². The topological polar surface area (TPSA) is 29.5 Å². The van der Waals surface area contributed by atoms with Crippen molar-refractivity contribution in [2.45, 2.75) is 25.6 Å². The fraction of sp³-hybridized carbons (Fsp3) is 0.400. The molecule has 0 amide bonds. The Labute approximate surface area is 71.8 Å². The highest BCUT2D eigenvalue weighted by molar-refractivity contribution is 5.36. The quantitative estimate of drug-likeness (QED) is 0.634. The molecular weight excluding hydrogens is 152 g/mol. The van der Waals surface area contributed by atoms with Crippen molar-refractivity contribution < 1.29 is 9.84 Å². The maximum atomic E-state index is 9.65. The third kappa shape index (κ3) is 1.18. The number of ether oxygens (including phenoxy) is 1. The van der Waals surface area contributed by atoms with Crippen molar-refractivity contribution in [2.75, 3.05) is 0 Å². The van der Waals surface area contributed by atoms with Gasteiger partial charge in [0.05, 0.1) is 12.2 Å². The van der Waals surface area contributed by atoms with Crippen molar-refractivity contribution in [3.05, 3.63) is 29.8 Å². The number of hydrogen-bond donors (Lipinski definition) is 1. The molecule has 0 aromatic heterocycles. The standard InChI is InChI=1S/C10H12O2/c1-7-6-9(11)8-4-2-3-5-10(8)12-7/h2-5,7,9,11H,6H2,1H3/t7-,9+/m1/s1. The second-order valence-electron chi connectivity index (χ2n) is 3.22. The number of benzene rings is 1. The van der Waals surface area contributed by atoms with Gasteiger partial charge >= 0.3 is 0 Å². The summed E-state index contributed by atoms with van der Waals surface area (Å²) < 4.78 is 5.54. The molecule has 0 fully saturated rings. The molecule has 2 heteroatoms. The minimum atomic E-state index is -0.357. The monoisotopic (exact) mass is 164 g/mol. The molecule has 0 saturated carbocycles. The van der Waals surface area contributed by atoms with Crippen molar-refractivity contribution >= 4 is 0 Å². The Morgan fingerprint density at radius 1 is 1.42 bits per heavy atom. The smallest absolute Gasteiger partial charge is 0.125 e. The minimum Gasteiger partial charge on any atom is -0.490 e. The first kappa shape index (κ1) is 7.62. The molecule has 0 radical (unpaired) electrons. The first-order chi connectivity index (χ1) is 5.77. The van der Waals surface area contributed by atoms with Gasteiger partial charge < -0.3 is 9.84 Å². The largest absolute Gasteiger partial charge is 0.490 e. The molecule has 1 aliphatic rings. The van der Waals surface area contributed by atoms with E-state index in [1.54, 1.807) is 0 Å². The van der Waals surface area contributed by atoms with Gasteiger partial charge in [-0.05, 0) is 13.0 Å². The molecule has 1 N–H and O–H groups in total. The molecule has 0 unspecified atom stereocenters. The van der Waals surface area contributed by atoms with Crippen molar-refractivity contribution in [1.29, 1.82) is 0 Å². The summed E-state index contributed by atoms with van der Waals surface area (Å²) >= 11 is 0. The zero-order valence-electron chi connectivity index (χ0n) is 7.03. The Kier molecular flexibility index (Phi) is 1.77. The predicted octanol–water partition coefficient (Wildman–Crippen LogP) is 1.89. The van der Waals surface area contributed by atoms with Crippen LogP contribution in [0.25, 0.3) is 0 Å². The lowest BCUT2D eigenvalue weighted by Gasteiger charge is -2.26. The van der Waals surface area contributed by atoms with Crippen LogP contribution in [0.1, 0.15) is 25.0 Å². The Bertz CT molecular complexity index is 283. The van der Waals surface area contributed by atoms with Gasteiger partial charge in [0.1, 0.15) is 5.75 Å². The van der Waals surface area contributed by atoms with Crippen LogP contribution >= 0.6 is 0 Å². The summed E-state index contributed by atoms with van der Waals surface area (Å²) in [4.78, 5) is 0. The van der Waals surface area contributed by atoms with Crippen LogP contribution in [0.3, 0.4) is 0 Å². The number of hydrogen-bond acceptors (Lipinski definition) is 2. The highest BCUT2D eigenvalue weighted by atomic mass is 16.5. The van der Waals surface area contributed by atoms with Crippen LogP contribution in [-0.4, -0.2) is 11.2 Å². The zero-order chi connectivity index (χ0) is 8.55. The van der Waals surface area contributed by atoms with E-state index in [1.165, 1.54) is 0 Å². The van der Waals surface area contributed by atoms with Crippen LogP contribution in [0.4, 0.5) is 0 Å². The average molecular weight is 164 g/mol. The van der Waals surface area contributed by atoms with Gasteiger partial charge in [-0.15, -0.1) is 0 Å². The number of aliphatic hydroxyl groups excluding tert-OH is 1. The molecule has 64 valence electrons. The Hall–Kier alpha value is -1.02. The minimum absolute atomic E-state index is 0.120. The number of para-hydroxylation sites is 1. The Morgan fingerprint density at radius 3 is 3.00 bits per heavy atom. The van der Waals surface area contributed by atoms with E-state index in [2.05, 4.69) is 0 Å². The van der Waals surface area contributed by atoms with Gasteiger partial charge in [0, 0.05) is 12.0 Å². The fourth-order valence-corrected chi connectivity index (χ4v) is 1.57. The zero-order valence-corrected chi connectivity index (χ0v) is 7.03. The second kappa shape index (κ2) is 2.79. The molecule has 2 rings (SSSR count). The molecule has 2 nitrogen and oxygen atoms in total. The fourth-order valence-electron chi connectivity index (χ4n) is 1.57. The van der Waals surface area contributed by atoms with E-state index in [0.29, 0.717) is 6.42 Å². The van der Waals surface area contributed by atoms with Crippen LogP contribution in [-0.2, 0) is 0 Å². The van der Waals surface area contributed by atoms with E-state index >= 15 is 0 Å². The summed E-state index contributed by atoms with van der Waals surface area (Å²) in [5, 5.41) is 9.65. The van der Waals surface area contributed by atoms with E-state index in [0.717, 1.165) is 11.3 Å². The molecule has 1 aromatic rings. The van der Waals surface area contributed by atoms with Crippen LogP contribution in [0.15, 0.2) is 24.3 Å². The van der Waals surface area contributed by atoms with Gasteiger partial charge in [0.2, 0.25) is 0 Å². The lowest BCUT2D eigenvalue weighted by Crippen LogP contribution is -2.22. The molecule has 2 atom stereocenters. The number of fused-ring (bicyclic) bond motifs is 1. The average Bonchev–Trinajstić information content (AvgIpc) is 2.04. The number of rotatable bonds is 0. The molecular formula is C10H12O2. The summed E-state index contributed by atoms with van der Waals surface area (Å²) in [7, 11) is 0. The summed E-state index contributed by atoms with van der Waals surface area (Å²) in [5.41, 5.74) is 0.913. The molecule has 0 spiro atoms. The summed E-state index contributed by atoms with van der Waals surface area (Å²) in [6.45, 7) is 1.97. The Balaban J connectivity index is 2.40. The lowest BCUT2D eigenvalue weighted by atomic mass is 10.0. The predicted molar refractivity (Wildman–Crippen MR) is 46.1 cm³/mol. The van der Waals surface area contributed by atoms with E-state index < -0.39 is 0 Å². The van der Waals surface area contributed by atoms with Gasteiger partial charge in [-0.25, -0.2) is 0 Å². The van der Waals surface area contributed by atoms with Gasteiger partial charge in [-0.2, -0.15) is 0 Å². The maximum absolute atomic E-state index is 9.65. The summed E-state index contributed by atoms with van der Waals surface area (Å²) in [6, 6.07) is 7.64. The molecule has 1 aliphatic heterocycles. The SMILES string of the molecule is C[C@@H]1C[C@H](O)c2ccccc2O1. The van der Waals surface area contributed by atoms with E-state index in [4.69, 9.17) is 4.74 Å². The molecule has 0 bridgehead atoms. The Morgan fingerprint density at radius 2 is 2.17 bits per heavy atom. The highest BCUT2D eigenvalue weighted by Crippen LogP contribution is 2.33.